The summed E-state index contributed by atoms with van der Waals surface area (Å²) in [4.78, 5) is 2.19. The zero-order chi connectivity index (χ0) is 14.1. The highest BCUT2D eigenvalue weighted by atomic mass is 32.1. The first-order valence-corrected chi connectivity index (χ1v) is 7.31. The molecule has 0 saturated carbocycles. The summed E-state index contributed by atoms with van der Waals surface area (Å²) in [7, 11) is 1.67. The molecule has 102 valence electrons. The van der Waals surface area contributed by atoms with Gasteiger partial charge in [-0.2, -0.15) is 0 Å². The van der Waals surface area contributed by atoms with E-state index in [9.17, 15) is 5.11 Å². The molecular weight excluding hydrogens is 268 g/mol. The number of hydrogen-bond donors (Lipinski definition) is 1. The Kier molecular flexibility index (Phi) is 3.47. The molecule has 0 unspecified atom stereocenters. The Morgan fingerprint density at radius 2 is 1.75 bits per heavy atom. The van der Waals surface area contributed by atoms with Crippen LogP contribution in [0.25, 0.3) is 10.8 Å². The monoisotopic (exact) mass is 284 g/mol. The quantitative estimate of drug-likeness (QED) is 0.777. The van der Waals surface area contributed by atoms with Crippen molar-refractivity contribution in [2.75, 3.05) is 7.11 Å². The highest BCUT2D eigenvalue weighted by Crippen LogP contribution is 2.30. The molecule has 1 heterocycles. The smallest absolute Gasteiger partial charge is 0.119 e. The average molecular weight is 284 g/mol. The first-order chi connectivity index (χ1) is 9.67. The second-order valence-corrected chi connectivity index (χ2v) is 6.14. The topological polar surface area (TPSA) is 29.5 Å². The van der Waals surface area contributed by atoms with Crippen molar-refractivity contribution in [1.82, 2.24) is 0 Å². The van der Waals surface area contributed by atoms with Crippen LogP contribution < -0.4 is 4.74 Å². The third-order valence-corrected chi connectivity index (χ3v) is 4.47. The van der Waals surface area contributed by atoms with Crippen LogP contribution in [0.2, 0.25) is 0 Å². The minimum Gasteiger partial charge on any atom is -0.497 e. The molecule has 0 aliphatic heterocycles. The van der Waals surface area contributed by atoms with Gasteiger partial charge in [-0.1, -0.05) is 18.2 Å². The van der Waals surface area contributed by atoms with Crippen LogP contribution >= 0.6 is 11.3 Å². The lowest BCUT2D eigenvalue weighted by molar-refractivity contribution is 0.224. The molecule has 0 radical (unpaired) electrons. The molecule has 1 aromatic heterocycles. The maximum Gasteiger partial charge on any atom is 0.119 e. The van der Waals surface area contributed by atoms with Crippen molar-refractivity contribution < 1.29 is 9.84 Å². The van der Waals surface area contributed by atoms with Crippen molar-refractivity contribution in [2.24, 2.45) is 0 Å². The Hall–Kier alpha value is -1.84. The highest BCUT2D eigenvalue weighted by Gasteiger charge is 2.12. The van der Waals surface area contributed by atoms with Gasteiger partial charge in [0.25, 0.3) is 0 Å². The third kappa shape index (κ3) is 2.42. The van der Waals surface area contributed by atoms with E-state index >= 15 is 0 Å². The number of ether oxygens (including phenoxy) is 1. The van der Waals surface area contributed by atoms with Gasteiger partial charge >= 0.3 is 0 Å². The number of thiophene rings is 1. The Labute approximate surface area is 122 Å². The van der Waals surface area contributed by atoms with E-state index in [1.54, 1.807) is 18.4 Å². The van der Waals surface area contributed by atoms with E-state index in [0.717, 1.165) is 27.0 Å². The lowest BCUT2D eigenvalue weighted by atomic mass is 10.0. The summed E-state index contributed by atoms with van der Waals surface area (Å²) >= 11 is 1.63. The van der Waals surface area contributed by atoms with Crippen molar-refractivity contribution in [3.05, 3.63) is 63.8 Å². The first-order valence-electron chi connectivity index (χ1n) is 6.49. The number of fused-ring (bicyclic) bond motifs is 1. The van der Waals surface area contributed by atoms with Gasteiger partial charge in [0, 0.05) is 9.75 Å². The summed E-state index contributed by atoms with van der Waals surface area (Å²) in [6.45, 7) is 2.05. The van der Waals surface area contributed by atoms with Crippen LogP contribution in [-0.4, -0.2) is 12.2 Å². The fourth-order valence-electron chi connectivity index (χ4n) is 2.30. The van der Waals surface area contributed by atoms with Crippen molar-refractivity contribution in [1.29, 1.82) is 0 Å². The van der Waals surface area contributed by atoms with Crippen LogP contribution in [0, 0.1) is 6.92 Å². The number of hydrogen-bond acceptors (Lipinski definition) is 3. The summed E-state index contributed by atoms with van der Waals surface area (Å²) in [5, 5.41) is 12.7. The van der Waals surface area contributed by atoms with Gasteiger partial charge in [0.1, 0.15) is 11.9 Å². The Morgan fingerprint density at radius 3 is 2.45 bits per heavy atom. The van der Waals surface area contributed by atoms with Crippen LogP contribution in [0.5, 0.6) is 5.75 Å². The van der Waals surface area contributed by atoms with Crippen LogP contribution in [0.3, 0.4) is 0 Å². The predicted molar refractivity (Wildman–Crippen MR) is 83.6 cm³/mol. The molecule has 0 fully saturated rings. The van der Waals surface area contributed by atoms with E-state index in [2.05, 4.69) is 0 Å². The van der Waals surface area contributed by atoms with E-state index in [1.165, 1.54) is 4.88 Å². The molecule has 3 rings (SSSR count). The zero-order valence-electron chi connectivity index (χ0n) is 11.5. The Bertz CT molecular complexity index is 746. The molecule has 0 amide bonds. The van der Waals surface area contributed by atoms with Gasteiger partial charge in [-0.05, 0) is 53.6 Å². The van der Waals surface area contributed by atoms with E-state index in [0.29, 0.717) is 0 Å². The van der Waals surface area contributed by atoms with Crippen LogP contribution in [0.1, 0.15) is 21.4 Å². The van der Waals surface area contributed by atoms with Crippen molar-refractivity contribution in [2.45, 2.75) is 13.0 Å². The minimum atomic E-state index is -0.555. The summed E-state index contributed by atoms with van der Waals surface area (Å²) in [6, 6.07) is 16.0. The molecule has 2 aromatic carbocycles. The van der Waals surface area contributed by atoms with E-state index in [1.807, 2.05) is 55.5 Å². The van der Waals surface area contributed by atoms with Crippen LogP contribution in [-0.2, 0) is 0 Å². The molecule has 1 N–H and O–H groups in total. The average Bonchev–Trinajstić information content (AvgIpc) is 2.92. The molecule has 0 aliphatic rings. The maximum atomic E-state index is 10.5. The number of aliphatic hydroxyl groups excluding tert-OH is 1. The fraction of sp³-hybridized carbons (Fsp3) is 0.176. The highest BCUT2D eigenvalue weighted by molar-refractivity contribution is 7.12. The number of benzene rings is 2. The van der Waals surface area contributed by atoms with Crippen molar-refractivity contribution in [3.8, 4) is 5.75 Å². The number of rotatable bonds is 3. The van der Waals surface area contributed by atoms with Gasteiger partial charge in [0.05, 0.1) is 7.11 Å². The summed E-state index contributed by atoms with van der Waals surface area (Å²) in [5.41, 5.74) is 0.921. The number of aliphatic hydroxyl groups is 1. The molecule has 0 saturated heterocycles. The molecule has 20 heavy (non-hydrogen) atoms. The molecule has 0 spiro atoms. The molecular formula is C17H16O2S. The molecule has 0 bridgehead atoms. The summed E-state index contributed by atoms with van der Waals surface area (Å²) in [6.07, 6.45) is -0.555. The molecule has 3 aromatic rings. The van der Waals surface area contributed by atoms with Crippen molar-refractivity contribution >= 4 is 22.1 Å². The van der Waals surface area contributed by atoms with Crippen LogP contribution in [0.15, 0.2) is 48.5 Å². The second-order valence-electron chi connectivity index (χ2n) is 4.82. The van der Waals surface area contributed by atoms with Gasteiger partial charge < -0.3 is 9.84 Å². The number of methoxy groups -OCH3 is 1. The van der Waals surface area contributed by atoms with E-state index in [4.69, 9.17) is 4.74 Å². The lowest BCUT2D eigenvalue weighted by Crippen LogP contribution is -1.96. The molecule has 1 atom stereocenters. The summed E-state index contributed by atoms with van der Waals surface area (Å²) < 4.78 is 5.22. The third-order valence-electron chi connectivity index (χ3n) is 3.42. The normalized spacial score (nSPS) is 12.6. The Balaban J connectivity index is 2.00. The maximum absolute atomic E-state index is 10.5. The first kappa shape index (κ1) is 13.2. The Morgan fingerprint density at radius 1 is 1.00 bits per heavy atom. The molecule has 3 heteroatoms. The number of aryl methyl sites for hydroxylation is 1. The fourth-order valence-corrected chi connectivity index (χ4v) is 3.20. The minimum absolute atomic E-state index is 0.555. The van der Waals surface area contributed by atoms with Gasteiger partial charge in [-0.15, -0.1) is 11.3 Å². The van der Waals surface area contributed by atoms with Gasteiger partial charge in [-0.25, -0.2) is 0 Å². The second kappa shape index (κ2) is 5.27. The SMILES string of the molecule is COc1ccc2cc([C@H](O)c3ccc(C)s3)ccc2c1. The van der Waals surface area contributed by atoms with E-state index < -0.39 is 6.10 Å². The largest absolute Gasteiger partial charge is 0.497 e. The van der Waals surface area contributed by atoms with Crippen molar-refractivity contribution in [3.63, 3.8) is 0 Å². The molecule has 0 aliphatic carbocycles. The lowest BCUT2D eigenvalue weighted by Gasteiger charge is -2.10. The van der Waals surface area contributed by atoms with Gasteiger partial charge in [0.2, 0.25) is 0 Å². The van der Waals surface area contributed by atoms with Gasteiger partial charge in [0.15, 0.2) is 0 Å². The molecule has 2 nitrogen and oxygen atoms in total. The van der Waals surface area contributed by atoms with E-state index in [-0.39, 0.29) is 0 Å². The predicted octanol–water partition coefficient (Wildman–Crippen LogP) is 4.30. The van der Waals surface area contributed by atoms with Crippen LogP contribution in [0.4, 0.5) is 0 Å². The van der Waals surface area contributed by atoms with Gasteiger partial charge in [-0.3, -0.25) is 0 Å². The zero-order valence-corrected chi connectivity index (χ0v) is 12.3. The standard InChI is InChI=1S/C17H16O2S/c1-11-3-8-16(20-11)17(18)14-5-4-13-10-15(19-2)7-6-12(13)9-14/h3-10,17-18H,1-2H3/t17-/m0/s1. The summed E-state index contributed by atoms with van der Waals surface area (Å²) in [5.74, 6) is 0.847.